The second kappa shape index (κ2) is 1.02. The van der Waals surface area contributed by atoms with E-state index in [9.17, 15) is 0 Å². The Labute approximate surface area is 43.7 Å². The summed E-state index contributed by atoms with van der Waals surface area (Å²) in [5, 5.41) is 0. The number of hydrogen-bond donors (Lipinski definition) is 0. The van der Waals surface area contributed by atoms with Crippen LogP contribution in [0.3, 0.4) is 0 Å². The summed E-state index contributed by atoms with van der Waals surface area (Å²) < 4.78 is 5.02. The average molecular weight is 96.1 g/mol. The third-order valence-electron chi connectivity index (χ3n) is 1.43. The van der Waals surface area contributed by atoms with Crippen LogP contribution in [0.5, 0.6) is 0 Å². The first-order valence-electron chi connectivity index (χ1n) is 2.34. The van der Waals surface area contributed by atoms with Crippen LogP contribution in [0.2, 0.25) is 0 Å². The molecule has 0 spiro atoms. The molecular weight excluding hydrogens is 88.1 g/mol. The van der Waals surface area contributed by atoms with Gasteiger partial charge < -0.3 is 4.74 Å². The highest BCUT2D eigenvalue weighted by Gasteiger charge is 2.47. The maximum atomic E-state index is 5.08. The van der Waals surface area contributed by atoms with Crippen molar-refractivity contribution in [1.29, 1.82) is 0 Å². The summed E-state index contributed by atoms with van der Waals surface area (Å²) in [5.41, 5.74) is -0.222. The van der Waals surface area contributed by atoms with Gasteiger partial charge in [0.2, 0.25) is 0 Å². The lowest BCUT2D eigenvalue weighted by molar-refractivity contribution is 0.355. The molecule has 0 N–H and O–H groups in total. The monoisotopic (exact) mass is 96.1 g/mol. The third-order valence-corrected chi connectivity index (χ3v) is 1.43. The smallest absolute Gasteiger partial charge is 0.151 e. The molecular formula is C6H8O. The molecule has 2 unspecified atom stereocenters. The Morgan fingerprint density at radius 1 is 1.86 bits per heavy atom. The van der Waals surface area contributed by atoms with Crippen LogP contribution in [0, 0.1) is 12.3 Å². The molecule has 38 valence electrons. The molecule has 0 saturated carbocycles. The lowest BCUT2D eigenvalue weighted by atomic mass is 10.1. The van der Waals surface area contributed by atoms with Crippen molar-refractivity contribution in [3.05, 3.63) is 0 Å². The van der Waals surface area contributed by atoms with Gasteiger partial charge in [-0.3, -0.25) is 0 Å². The standard InChI is InChI=1S/C6H8O/c1-4-6(3)5(2)7-6/h1,5H,2-3H3. The Morgan fingerprint density at radius 3 is 2.29 bits per heavy atom. The minimum Gasteiger partial charge on any atom is -0.353 e. The zero-order chi connectivity index (χ0) is 5.49. The van der Waals surface area contributed by atoms with E-state index in [0.717, 1.165) is 0 Å². The summed E-state index contributed by atoms with van der Waals surface area (Å²) in [6.45, 7) is 3.89. The minimum absolute atomic E-state index is 0.222. The summed E-state index contributed by atoms with van der Waals surface area (Å²) in [6, 6.07) is 0. The maximum absolute atomic E-state index is 5.08. The third kappa shape index (κ3) is 0.515. The van der Waals surface area contributed by atoms with Crippen molar-refractivity contribution in [1.82, 2.24) is 0 Å². The fraction of sp³-hybridized carbons (Fsp3) is 0.667. The topological polar surface area (TPSA) is 12.5 Å². The average Bonchev–Trinajstić information content (AvgIpc) is 2.18. The summed E-state index contributed by atoms with van der Waals surface area (Å²) in [5.74, 6) is 2.54. The molecule has 2 atom stereocenters. The van der Waals surface area contributed by atoms with E-state index >= 15 is 0 Å². The van der Waals surface area contributed by atoms with Gasteiger partial charge in [-0.1, -0.05) is 5.92 Å². The van der Waals surface area contributed by atoms with Crippen LogP contribution in [0.25, 0.3) is 0 Å². The number of rotatable bonds is 0. The highest BCUT2D eigenvalue weighted by atomic mass is 16.6. The molecule has 0 amide bonds. The molecule has 7 heavy (non-hydrogen) atoms. The second-order valence-corrected chi connectivity index (χ2v) is 2.01. The molecule has 1 rings (SSSR count). The predicted molar refractivity (Wildman–Crippen MR) is 27.8 cm³/mol. The van der Waals surface area contributed by atoms with Gasteiger partial charge in [-0.05, 0) is 13.8 Å². The summed E-state index contributed by atoms with van der Waals surface area (Å²) in [4.78, 5) is 0. The Balaban J connectivity index is 2.57. The lowest BCUT2D eigenvalue weighted by Gasteiger charge is -1.85. The van der Waals surface area contributed by atoms with Crippen LogP contribution >= 0.6 is 0 Å². The molecule has 0 aliphatic carbocycles. The van der Waals surface area contributed by atoms with E-state index in [1.165, 1.54) is 0 Å². The van der Waals surface area contributed by atoms with E-state index in [0.29, 0.717) is 0 Å². The van der Waals surface area contributed by atoms with Crippen LogP contribution in [0.4, 0.5) is 0 Å². The number of hydrogen-bond acceptors (Lipinski definition) is 1. The van der Waals surface area contributed by atoms with Gasteiger partial charge in [0, 0.05) is 0 Å². The molecule has 1 aliphatic heterocycles. The first-order valence-corrected chi connectivity index (χ1v) is 2.34. The van der Waals surface area contributed by atoms with Crippen molar-refractivity contribution >= 4 is 0 Å². The van der Waals surface area contributed by atoms with E-state index in [4.69, 9.17) is 11.2 Å². The van der Waals surface area contributed by atoms with E-state index in [1.807, 2.05) is 13.8 Å². The van der Waals surface area contributed by atoms with Gasteiger partial charge in [-0.15, -0.1) is 6.42 Å². The summed E-state index contributed by atoms with van der Waals surface area (Å²) in [6.07, 6.45) is 5.36. The van der Waals surface area contributed by atoms with Crippen molar-refractivity contribution < 1.29 is 4.74 Å². The molecule has 1 nitrogen and oxygen atoms in total. The quantitative estimate of drug-likeness (QED) is 0.321. The van der Waals surface area contributed by atoms with Gasteiger partial charge in [0.1, 0.15) is 0 Å². The van der Waals surface area contributed by atoms with Gasteiger partial charge in [0.15, 0.2) is 5.60 Å². The van der Waals surface area contributed by atoms with Crippen LogP contribution in [-0.4, -0.2) is 11.7 Å². The van der Waals surface area contributed by atoms with Crippen molar-refractivity contribution in [2.45, 2.75) is 25.6 Å². The maximum Gasteiger partial charge on any atom is 0.151 e. The first kappa shape index (κ1) is 4.67. The highest BCUT2D eigenvalue weighted by molar-refractivity contribution is 5.18. The molecule has 0 bridgehead atoms. The minimum atomic E-state index is -0.222. The van der Waals surface area contributed by atoms with Crippen molar-refractivity contribution in [2.24, 2.45) is 0 Å². The molecule has 0 aromatic rings. The zero-order valence-corrected chi connectivity index (χ0v) is 4.56. The van der Waals surface area contributed by atoms with E-state index < -0.39 is 0 Å². The molecule has 1 fully saturated rings. The van der Waals surface area contributed by atoms with Crippen molar-refractivity contribution in [3.8, 4) is 12.3 Å². The van der Waals surface area contributed by atoms with E-state index in [1.54, 1.807) is 0 Å². The normalized spacial score (nSPS) is 47.9. The van der Waals surface area contributed by atoms with Crippen molar-refractivity contribution in [3.63, 3.8) is 0 Å². The van der Waals surface area contributed by atoms with Crippen LogP contribution in [0.15, 0.2) is 0 Å². The zero-order valence-electron chi connectivity index (χ0n) is 4.56. The fourth-order valence-corrected chi connectivity index (χ4v) is 0.485. The van der Waals surface area contributed by atoms with Crippen LogP contribution in [0.1, 0.15) is 13.8 Å². The lowest BCUT2D eigenvalue weighted by Crippen LogP contribution is -2.01. The summed E-state index contributed by atoms with van der Waals surface area (Å²) >= 11 is 0. The summed E-state index contributed by atoms with van der Waals surface area (Å²) in [7, 11) is 0. The second-order valence-electron chi connectivity index (χ2n) is 2.01. The van der Waals surface area contributed by atoms with Gasteiger partial charge in [-0.2, -0.15) is 0 Å². The Kier molecular flexibility index (Phi) is 0.680. The molecule has 1 heterocycles. The molecule has 0 radical (unpaired) electrons. The van der Waals surface area contributed by atoms with Crippen molar-refractivity contribution in [2.75, 3.05) is 0 Å². The predicted octanol–water partition coefficient (Wildman–Crippen LogP) is 0.797. The number of ether oxygens (including phenoxy) is 1. The van der Waals surface area contributed by atoms with Gasteiger partial charge >= 0.3 is 0 Å². The molecule has 0 aromatic carbocycles. The van der Waals surface area contributed by atoms with Gasteiger partial charge in [0.05, 0.1) is 6.10 Å². The largest absolute Gasteiger partial charge is 0.353 e. The van der Waals surface area contributed by atoms with E-state index in [-0.39, 0.29) is 11.7 Å². The SMILES string of the molecule is C#CC1(C)OC1C. The van der Waals surface area contributed by atoms with Gasteiger partial charge in [0.25, 0.3) is 0 Å². The Morgan fingerprint density at radius 2 is 2.29 bits per heavy atom. The Hall–Kier alpha value is -0.480. The number of epoxide rings is 1. The highest BCUT2D eigenvalue weighted by Crippen LogP contribution is 2.33. The van der Waals surface area contributed by atoms with Gasteiger partial charge in [-0.25, -0.2) is 0 Å². The van der Waals surface area contributed by atoms with E-state index in [2.05, 4.69) is 5.92 Å². The first-order chi connectivity index (χ1) is 3.19. The molecule has 1 aliphatic rings. The van der Waals surface area contributed by atoms with Crippen LogP contribution < -0.4 is 0 Å². The molecule has 1 saturated heterocycles. The van der Waals surface area contributed by atoms with Crippen LogP contribution in [-0.2, 0) is 4.74 Å². The molecule has 0 aromatic heterocycles. The number of terminal acetylenes is 1. The molecule has 1 heteroatoms. The Bertz CT molecular complexity index is 123. The fourth-order valence-electron chi connectivity index (χ4n) is 0.485.